The lowest BCUT2D eigenvalue weighted by molar-refractivity contribution is -0.0904. The van der Waals surface area contributed by atoms with Crippen molar-refractivity contribution >= 4 is 8.32 Å². The summed E-state index contributed by atoms with van der Waals surface area (Å²) >= 11 is 0. The summed E-state index contributed by atoms with van der Waals surface area (Å²) in [6.45, 7) is 25.2. The lowest BCUT2D eigenvalue weighted by Crippen LogP contribution is -2.50. The predicted octanol–water partition coefficient (Wildman–Crippen LogP) is 8.92. The maximum absolute atomic E-state index is 6.78. The topological polar surface area (TPSA) is 18.5 Å². The van der Waals surface area contributed by atoms with E-state index in [1.165, 1.54) is 5.56 Å². The van der Waals surface area contributed by atoms with Crippen LogP contribution in [0.25, 0.3) is 0 Å². The van der Waals surface area contributed by atoms with Gasteiger partial charge in [-0.15, -0.1) is 6.58 Å². The van der Waals surface area contributed by atoms with Crippen molar-refractivity contribution < 1.29 is 9.16 Å². The molecule has 0 aromatic heterocycles. The number of hydrogen-bond donors (Lipinski definition) is 0. The van der Waals surface area contributed by atoms with Crippen molar-refractivity contribution in [2.24, 2.45) is 5.41 Å². The second kappa shape index (κ2) is 12.7. The van der Waals surface area contributed by atoms with Crippen LogP contribution in [0, 0.1) is 5.41 Å². The molecule has 0 saturated carbocycles. The molecule has 0 heterocycles. The number of rotatable bonds is 15. The van der Waals surface area contributed by atoms with E-state index >= 15 is 0 Å². The van der Waals surface area contributed by atoms with Gasteiger partial charge in [-0.05, 0) is 54.9 Å². The Hall–Kier alpha value is -2.20. The molecule has 3 heteroatoms. The zero-order valence-corrected chi connectivity index (χ0v) is 23.7. The molecule has 2 nitrogen and oxygen atoms in total. The SMILES string of the molecule is C=CCCC(CCO[Si](C)(C)C(C)(C)C)(Cc1ccccc1)C(C=C)(C=C)OCc1ccccc1. The molecule has 0 amide bonds. The lowest BCUT2D eigenvalue weighted by Gasteiger charge is -2.49. The Labute approximate surface area is 215 Å². The number of benzene rings is 2. The highest BCUT2D eigenvalue weighted by atomic mass is 28.4. The summed E-state index contributed by atoms with van der Waals surface area (Å²) in [6.07, 6.45) is 9.39. The molecule has 1 atom stereocenters. The molecule has 0 aliphatic carbocycles. The zero-order valence-electron chi connectivity index (χ0n) is 22.7. The molecule has 0 fully saturated rings. The van der Waals surface area contributed by atoms with Crippen LogP contribution in [0.2, 0.25) is 18.1 Å². The van der Waals surface area contributed by atoms with E-state index in [4.69, 9.17) is 9.16 Å². The second-order valence-corrected chi connectivity index (χ2v) is 15.9. The minimum absolute atomic E-state index is 0.161. The zero-order chi connectivity index (χ0) is 26.0. The lowest BCUT2D eigenvalue weighted by atomic mass is 9.63. The van der Waals surface area contributed by atoms with Crippen LogP contribution >= 0.6 is 0 Å². The van der Waals surface area contributed by atoms with Crippen molar-refractivity contribution in [2.45, 2.75) is 76.8 Å². The smallest absolute Gasteiger partial charge is 0.191 e. The second-order valence-electron chi connectivity index (χ2n) is 11.1. The first-order chi connectivity index (χ1) is 16.5. The molecule has 0 bridgehead atoms. The average Bonchev–Trinajstić information content (AvgIpc) is 2.84. The molecule has 0 N–H and O–H groups in total. The highest BCUT2D eigenvalue weighted by molar-refractivity contribution is 6.74. The predicted molar refractivity (Wildman–Crippen MR) is 154 cm³/mol. The highest BCUT2D eigenvalue weighted by Crippen LogP contribution is 2.48. The van der Waals surface area contributed by atoms with Gasteiger partial charge in [0.05, 0.1) is 6.61 Å². The summed E-state index contributed by atoms with van der Waals surface area (Å²) < 4.78 is 13.5. The van der Waals surface area contributed by atoms with E-state index in [0.29, 0.717) is 13.2 Å². The van der Waals surface area contributed by atoms with Gasteiger partial charge in [0.15, 0.2) is 8.32 Å². The minimum Gasteiger partial charge on any atom is -0.417 e. The number of ether oxygens (including phenoxy) is 1. The summed E-state index contributed by atoms with van der Waals surface area (Å²) in [5.74, 6) is 0. The van der Waals surface area contributed by atoms with Crippen molar-refractivity contribution in [2.75, 3.05) is 6.61 Å². The number of allylic oxidation sites excluding steroid dienone is 1. The van der Waals surface area contributed by atoms with Crippen molar-refractivity contribution in [3.8, 4) is 0 Å². The monoisotopic (exact) mass is 490 g/mol. The third-order valence-electron chi connectivity index (χ3n) is 7.82. The van der Waals surface area contributed by atoms with Gasteiger partial charge in [-0.1, -0.05) is 113 Å². The summed E-state index contributed by atoms with van der Waals surface area (Å²) in [4.78, 5) is 0. The first kappa shape index (κ1) is 29.0. The molecule has 0 saturated heterocycles. The number of hydrogen-bond acceptors (Lipinski definition) is 2. The molecular formula is C32H46O2Si. The van der Waals surface area contributed by atoms with Gasteiger partial charge in [-0.3, -0.25) is 0 Å². The van der Waals surface area contributed by atoms with Gasteiger partial charge in [0, 0.05) is 12.0 Å². The van der Waals surface area contributed by atoms with Gasteiger partial charge in [0.2, 0.25) is 0 Å². The van der Waals surface area contributed by atoms with Crippen LogP contribution in [0.5, 0.6) is 0 Å². The summed E-state index contributed by atoms with van der Waals surface area (Å²) in [5, 5.41) is 0.161. The quantitative estimate of drug-likeness (QED) is 0.183. The Kier molecular flexibility index (Phi) is 10.5. The molecular weight excluding hydrogens is 444 g/mol. The molecule has 0 aliphatic heterocycles. The van der Waals surface area contributed by atoms with E-state index in [1.54, 1.807) is 0 Å². The standard InChI is InChI=1S/C32H46O2Si/c1-9-12-23-31(26-28-19-15-13-16-20-28,24-25-34-35(7,8)30(4,5)6)32(10-2,11-3)33-27-29-21-17-14-18-22-29/h9-11,13-22H,1-3,12,23-27H2,4-8H3. The van der Waals surface area contributed by atoms with Gasteiger partial charge in [-0.25, -0.2) is 0 Å². The van der Waals surface area contributed by atoms with Gasteiger partial charge >= 0.3 is 0 Å². The molecule has 2 rings (SSSR count). The fraction of sp³-hybridized carbons (Fsp3) is 0.438. The van der Waals surface area contributed by atoms with Gasteiger partial charge in [-0.2, -0.15) is 0 Å². The molecule has 2 aromatic rings. The molecule has 1 unspecified atom stereocenters. The summed E-state index contributed by atoms with van der Waals surface area (Å²) in [6, 6.07) is 21.0. The maximum Gasteiger partial charge on any atom is 0.191 e. The van der Waals surface area contributed by atoms with Crippen molar-refractivity contribution in [3.05, 3.63) is 110 Å². The Bertz CT molecular complexity index is 919. The van der Waals surface area contributed by atoms with Crippen molar-refractivity contribution in [1.29, 1.82) is 0 Å². The van der Waals surface area contributed by atoms with Crippen LogP contribution in [0.15, 0.2) is 98.6 Å². The third kappa shape index (κ3) is 7.39. The third-order valence-corrected chi connectivity index (χ3v) is 12.4. The van der Waals surface area contributed by atoms with Crippen LogP contribution in [0.3, 0.4) is 0 Å². The van der Waals surface area contributed by atoms with Crippen molar-refractivity contribution in [3.63, 3.8) is 0 Å². The van der Waals surface area contributed by atoms with Crippen molar-refractivity contribution in [1.82, 2.24) is 0 Å². The molecule has 35 heavy (non-hydrogen) atoms. The molecule has 0 spiro atoms. The Balaban J connectivity index is 2.49. The van der Waals surface area contributed by atoms with E-state index in [9.17, 15) is 0 Å². The Morgan fingerprint density at radius 1 is 0.800 bits per heavy atom. The van der Waals surface area contributed by atoms with Crippen LogP contribution in [-0.4, -0.2) is 20.5 Å². The van der Waals surface area contributed by atoms with Crippen LogP contribution in [0.4, 0.5) is 0 Å². The molecule has 0 radical (unpaired) electrons. The van der Waals surface area contributed by atoms with Gasteiger partial charge in [0.25, 0.3) is 0 Å². The molecule has 190 valence electrons. The molecule has 0 aliphatic rings. The first-order valence-electron chi connectivity index (χ1n) is 12.8. The maximum atomic E-state index is 6.78. The van der Waals surface area contributed by atoms with Crippen LogP contribution in [0.1, 0.15) is 51.2 Å². The van der Waals surface area contributed by atoms with E-state index in [-0.39, 0.29) is 10.5 Å². The normalized spacial score (nSPS) is 14.2. The fourth-order valence-electron chi connectivity index (χ4n) is 4.48. The highest BCUT2D eigenvalue weighted by Gasteiger charge is 2.48. The summed E-state index contributed by atoms with van der Waals surface area (Å²) in [5.41, 5.74) is 1.40. The minimum atomic E-state index is -1.89. The average molecular weight is 491 g/mol. The largest absolute Gasteiger partial charge is 0.417 e. The Morgan fingerprint density at radius 2 is 1.34 bits per heavy atom. The van der Waals surface area contributed by atoms with Crippen LogP contribution < -0.4 is 0 Å². The van der Waals surface area contributed by atoms with E-state index in [1.807, 2.05) is 36.4 Å². The Morgan fingerprint density at radius 3 is 1.83 bits per heavy atom. The van der Waals surface area contributed by atoms with Gasteiger partial charge < -0.3 is 9.16 Å². The fourth-order valence-corrected chi connectivity index (χ4v) is 5.52. The van der Waals surface area contributed by atoms with E-state index in [0.717, 1.165) is 31.2 Å². The summed E-state index contributed by atoms with van der Waals surface area (Å²) in [7, 11) is -1.89. The van der Waals surface area contributed by atoms with Gasteiger partial charge in [0.1, 0.15) is 5.60 Å². The van der Waals surface area contributed by atoms with E-state index in [2.05, 4.69) is 96.1 Å². The molecule has 2 aromatic carbocycles. The van der Waals surface area contributed by atoms with Crippen LogP contribution in [-0.2, 0) is 22.2 Å². The first-order valence-corrected chi connectivity index (χ1v) is 15.7. The van der Waals surface area contributed by atoms with E-state index < -0.39 is 13.9 Å².